The summed E-state index contributed by atoms with van der Waals surface area (Å²) in [5.41, 5.74) is 7.02. The molecule has 44 heavy (non-hydrogen) atoms. The number of nitrogens with one attached hydrogen (secondary N) is 2. The highest BCUT2D eigenvalue weighted by atomic mass is 19.1. The van der Waals surface area contributed by atoms with Crippen molar-refractivity contribution in [2.24, 2.45) is 0 Å². The molecule has 0 spiro atoms. The molecule has 1 unspecified atom stereocenters. The van der Waals surface area contributed by atoms with Gasteiger partial charge in [0.1, 0.15) is 17.6 Å². The van der Waals surface area contributed by atoms with Crippen molar-refractivity contribution in [3.05, 3.63) is 126 Å². The first-order valence-corrected chi connectivity index (χ1v) is 15.1. The van der Waals surface area contributed by atoms with Gasteiger partial charge in [-0.05, 0) is 92.3 Å². The number of nitrogens with zero attached hydrogens (tertiary/aromatic N) is 2. The Hall–Kier alpha value is -4.65. The van der Waals surface area contributed by atoms with Gasteiger partial charge in [-0.2, -0.15) is 0 Å². The molecule has 6 nitrogen and oxygen atoms in total. The number of hydrogen-bond acceptors (Lipinski definition) is 5. The van der Waals surface area contributed by atoms with E-state index in [1.807, 2.05) is 48.1 Å². The number of carbonyl (C=O) groups is 1. The van der Waals surface area contributed by atoms with Crippen molar-refractivity contribution in [3.8, 4) is 11.4 Å². The SMILES string of the molecule is C=C1NCCC/C1=C\c1ccc(-n2cnc(C)c2)c(OC)c1.CC(=O)C(Nc1ccc(F)cc1)C1=CC=CCC=C1.CCC. The van der Waals surface area contributed by atoms with Crippen LogP contribution in [0.15, 0.2) is 109 Å². The number of carbonyl (C=O) groups excluding carboxylic acids is 1. The number of ether oxygens (including phenoxy) is 1. The van der Waals surface area contributed by atoms with Gasteiger partial charge in [0.2, 0.25) is 0 Å². The fourth-order valence-electron chi connectivity index (χ4n) is 4.61. The summed E-state index contributed by atoms with van der Waals surface area (Å²) in [6, 6.07) is 11.8. The van der Waals surface area contributed by atoms with Crippen molar-refractivity contribution in [2.45, 2.75) is 59.4 Å². The van der Waals surface area contributed by atoms with Crippen LogP contribution in [0.25, 0.3) is 11.8 Å². The number of piperidine rings is 1. The van der Waals surface area contributed by atoms with Crippen molar-refractivity contribution < 1.29 is 13.9 Å². The molecule has 1 fully saturated rings. The second-order valence-corrected chi connectivity index (χ2v) is 10.7. The summed E-state index contributed by atoms with van der Waals surface area (Å²) < 4.78 is 20.4. The van der Waals surface area contributed by atoms with Crippen molar-refractivity contribution >= 4 is 17.5 Å². The van der Waals surface area contributed by atoms with Crippen LogP contribution in [0.3, 0.4) is 0 Å². The molecule has 1 aliphatic carbocycles. The topological polar surface area (TPSA) is 68.2 Å². The van der Waals surface area contributed by atoms with E-state index in [9.17, 15) is 9.18 Å². The Morgan fingerprint density at radius 3 is 2.59 bits per heavy atom. The van der Waals surface area contributed by atoms with Gasteiger partial charge in [0.15, 0.2) is 5.78 Å². The molecule has 0 bridgehead atoms. The highest BCUT2D eigenvalue weighted by Crippen LogP contribution is 2.27. The van der Waals surface area contributed by atoms with E-state index in [-0.39, 0.29) is 11.6 Å². The second kappa shape index (κ2) is 17.5. The van der Waals surface area contributed by atoms with Gasteiger partial charge in [-0.15, -0.1) is 0 Å². The first kappa shape index (κ1) is 33.8. The minimum atomic E-state index is -0.413. The van der Waals surface area contributed by atoms with Crippen molar-refractivity contribution in [1.82, 2.24) is 14.9 Å². The normalized spacial score (nSPS) is 15.5. The quantitative estimate of drug-likeness (QED) is 0.286. The third-order valence-corrected chi connectivity index (χ3v) is 6.79. The largest absolute Gasteiger partial charge is 0.495 e. The zero-order chi connectivity index (χ0) is 31.9. The number of ketones is 1. The zero-order valence-electron chi connectivity index (χ0n) is 26.6. The van der Waals surface area contributed by atoms with Gasteiger partial charge in [0.25, 0.3) is 0 Å². The molecule has 2 heterocycles. The summed E-state index contributed by atoms with van der Waals surface area (Å²) in [6.07, 6.45) is 20.1. The lowest BCUT2D eigenvalue weighted by molar-refractivity contribution is -0.117. The van der Waals surface area contributed by atoms with E-state index < -0.39 is 6.04 Å². The number of rotatable bonds is 7. The lowest BCUT2D eigenvalue weighted by Gasteiger charge is -2.19. The Morgan fingerprint density at radius 2 is 1.95 bits per heavy atom. The molecular formula is C37H45FN4O2. The fourth-order valence-corrected chi connectivity index (χ4v) is 4.61. The molecule has 7 heteroatoms. The molecule has 1 aromatic heterocycles. The van der Waals surface area contributed by atoms with E-state index in [2.05, 4.69) is 60.3 Å². The zero-order valence-corrected chi connectivity index (χ0v) is 26.6. The Kier molecular flexibility index (Phi) is 13.4. The molecule has 3 aromatic rings. The molecule has 232 valence electrons. The first-order chi connectivity index (χ1) is 21.2. The van der Waals surface area contributed by atoms with Crippen LogP contribution < -0.4 is 15.4 Å². The monoisotopic (exact) mass is 596 g/mol. The van der Waals surface area contributed by atoms with Gasteiger partial charge in [-0.1, -0.05) is 63.3 Å². The molecule has 1 aliphatic heterocycles. The molecule has 1 atom stereocenters. The van der Waals surface area contributed by atoms with Gasteiger partial charge in [-0.25, -0.2) is 9.37 Å². The Morgan fingerprint density at radius 1 is 1.20 bits per heavy atom. The summed E-state index contributed by atoms with van der Waals surface area (Å²) in [6.45, 7) is 12.9. The maximum absolute atomic E-state index is 12.9. The molecule has 2 aromatic carbocycles. The van der Waals surface area contributed by atoms with Crippen LogP contribution in [-0.4, -0.2) is 35.0 Å². The minimum Gasteiger partial charge on any atom is -0.495 e. The first-order valence-electron chi connectivity index (χ1n) is 15.1. The van der Waals surface area contributed by atoms with Crippen LogP contribution in [0.4, 0.5) is 10.1 Å². The highest BCUT2D eigenvalue weighted by molar-refractivity contribution is 5.88. The van der Waals surface area contributed by atoms with Gasteiger partial charge in [0.05, 0.1) is 24.8 Å². The Labute approximate surface area is 261 Å². The molecule has 0 radical (unpaired) electrons. The lowest BCUT2D eigenvalue weighted by Crippen LogP contribution is -2.29. The lowest BCUT2D eigenvalue weighted by atomic mass is 10.0. The summed E-state index contributed by atoms with van der Waals surface area (Å²) >= 11 is 0. The summed E-state index contributed by atoms with van der Waals surface area (Å²) in [4.78, 5) is 16.1. The number of anilines is 1. The van der Waals surface area contributed by atoms with Gasteiger partial charge in [0, 0.05) is 24.1 Å². The van der Waals surface area contributed by atoms with Crippen molar-refractivity contribution in [3.63, 3.8) is 0 Å². The van der Waals surface area contributed by atoms with Crippen LogP contribution in [-0.2, 0) is 4.79 Å². The van der Waals surface area contributed by atoms with Crippen molar-refractivity contribution in [2.75, 3.05) is 19.0 Å². The van der Waals surface area contributed by atoms with Gasteiger partial charge in [-0.3, -0.25) is 4.79 Å². The Bertz CT molecular complexity index is 1510. The molecule has 5 rings (SSSR count). The molecule has 0 amide bonds. The number of halogens is 1. The fraction of sp³-hybridized carbons (Fsp3) is 0.297. The predicted octanol–water partition coefficient (Wildman–Crippen LogP) is 8.52. The second-order valence-electron chi connectivity index (χ2n) is 10.7. The van der Waals surface area contributed by atoms with Crippen LogP contribution >= 0.6 is 0 Å². The van der Waals surface area contributed by atoms with Gasteiger partial charge >= 0.3 is 0 Å². The van der Waals surface area contributed by atoms with Crippen LogP contribution in [0.1, 0.15) is 57.7 Å². The third kappa shape index (κ3) is 10.3. The summed E-state index contributed by atoms with van der Waals surface area (Å²) in [5, 5.41) is 6.45. The van der Waals surface area contributed by atoms with Crippen LogP contribution in [0.2, 0.25) is 0 Å². The third-order valence-electron chi connectivity index (χ3n) is 6.79. The summed E-state index contributed by atoms with van der Waals surface area (Å²) in [5.74, 6) is 0.568. The van der Waals surface area contributed by atoms with Crippen molar-refractivity contribution in [1.29, 1.82) is 0 Å². The number of allylic oxidation sites excluding steroid dienone is 5. The number of methoxy groups -OCH3 is 1. The summed E-state index contributed by atoms with van der Waals surface area (Å²) in [7, 11) is 1.70. The molecule has 1 saturated heterocycles. The smallest absolute Gasteiger partial charge is 0.156 e. The van der Waals surface area contributed by atoms with Gasteiger partial charge < -0.3 is 19.9 Å². The maximum Gasteiger partial charge on any atom is 0.156 e. The van der Waals surface area contributed by atoms with Crippen LogP contribution in [0, 0.1) is 12.7 Å². The van der Waals surface area contributed by atoms with E-state index in [4.69, 9.17) is 4.74 Å². The number of Topliss-reactive ketones (excluding diaryl/α,β-unsaturated/α-hetero) is 1. The molecular weight excluding hydrogens is 551 g/mol. The molecule has 2 aliphatic rings. The average Bonchev–Trinajstić information content (AvgIpc) is 3.27. The van der Waals surface area contributed by atoms with Crippen LogP contribution in [0.5, 0.6) is 5.75 Å². The van der Waals surface area contributed by atoms with E-state index >= 15 is 0 Å². The van der Waals surface area contributed by atoms with E-state index in [1.54, 1.807) is 32.5 Å². The predicted molar refractivity (Wildman–Crippen MR) is 181 cm³/mol. The van der Waals surface area contributed by atoms with E-state index in [0.717, 1.165) is 65.5 Å². The number of aryl methyl sites for hydroxylation is 1. The number of benzene rings is 2. The maximum atomic E-state index is 12.9. The van der Waals surface area contributed by atoms with E-state index in [0.29, 0.717) is 0 Å². The Balaban J connectivity index is 0.000000223. The highest BCUT2D eigenvalue weighted by Gasteiger charge is 2.17. The standard InChI is InChI=1S/C18H21N3O.C16H16FNO.C3H8/c1-13-11-21(12-20-13)17-7-6-15(10-18(17)22-3)9-16-5-4-8-19-14(16)2;1-12(19)16(13-6-4-2-3-5-7-13)18-15-10-8-14(17)9-11-15;1-3-2/h6-7,9-12,19H,2,4-5,8H2,1,3H3;2,4-11,16,18H,3H2,1H3;3H2,1-2H3/b16-9+;;. The number of aromatic nitrogens is 2. The average molecular weight is 597 g/mol. The number of hydrogen-bond donors (Lipinski definition) is 2. The van der Waals surface area contributed by atoms with E-state index in [1.165, 1.54) is 24.1 Å². The number of imidazole rings is 1. The molecule has 2 N–H and O–H groups in total. The molecule has 0 saturated carbocycles. The minimum absolute atomic E-state index is 0.0236.